The van der Waals surface area contributed by atoms with Crippen molar-refractivity contribution in [2.45, 2.75) is 26.3 Å². The quantitative estimate of drug-likeness (QED) is 0.803. The Morgan fingerprint density at radius 3 is 2.68 bits per heavy atom. The van der Waals surface area contributed by atoms with E-state index in [9.17, 15) is 4.39 Å². The van der Waals surface area contributed by atoms with Gasteiger partial charge in [-0.2, -0.15) is 5.10 Å². The second kappa shape index (κ2) is 5.61. The third-order valence-electron chi connectivity index (χ3n) is 3.25. The molecule has 1 heterocycles. The largest absolute Gasteiger partial charge is 0.494 e. The standard InChI is InChI=1S/C14H16ClFN2O/c1-9-12(7-15)10(2)18(17-9)8-11-5-4-6-13(19-3)14(11)16/h4-6H,7-8H2,1-3H3. The summed E-state index contributed by atoms with van der Waals surface area (Å²) in [5.41, 5.74) is 3.40. The van der Waals surface area contributed by atoms with Crippen molar-refractivity contribution < 1.29 is 9.13 Å². The van der Waals surface area contributed by atoms with Crippen LogP contribution in [0.15, 0.2) is 18.2 Å². The van der Waals surface area contributed by atoms with E-state index in [1.807, 2.05) is 13.8 Å². The summed E-state index contributed by atoms with van der Waals surface area (Å²) >= 11 is 5.89. The summed E-state index contributed by atoms with van der Waals surface area (Å²) in [5.74, 6) is 0.319. The Morgan fingerprint density at radius 2 is 2.11 bits per heavy atom. The molecule has 1 aromatic carbocycles. The lowest BCUT2D eigenvalue weighted by Gasteiger charge is -2.09. The molecule has 0 unspecified atom stereocenters. The molecule has 2 rings (SSSR count). The highest BCUT2D eigenvalue weighted by Gasteiger charge is 2.14. The number of methoxy groups -OCH3 is 1. The van der Waals surface area contributed by atoms with Gasteiger partial charge < -0.3 is 4.74 Å². The van der Waals surface area contributed by atoms with Gasteiger partial charge in [-0.05, 0) is 19.9 Å². The average molecular weight is 283 g/mol. The molecule has 1 aromatic heterocycles. The molecular weight excluding hydrogens is 267 g/mol. The second-order valence-electron chi connectivity index (χ2n) is 4.37. The smallest absolute Gasteiger partial charge is 0.170 e. The molecule has 0 fully saturated rings. The van der Waals surface area contributed by atoms with Gasteiger partial charge in [-0.25, -0.2) is 4.39 Å². The molecule has 0 amide bonds. The fraction of sp³-hybridized carbons (Fsp3) is 0.357. The third-order valence-corrected chi connectivity index (χ3v) is 3.52. The number of hydrogen-bond donors (Lipinski definition) is 0. The Morgan fingerprint density at radius 1 is 1.37 bits per heavy atom. The van der Waals surface area contributed by atoms with E-state index in [4.69, 9.17) is 16.3 Å². The predicted octanol–water partition coefficient (Wildman–Crippen LogP) is 3.43. The molecule has 3 nitrogen and oxygen atoms in total. The van der Waals surface area contributed by atoms with Crippen LogP contribution in [-0.4, -0.2) is 16.9 Å². The van der Waals surface area contributed by atoms with Crippen LogP contribution in [-0.2, 0) is 12.4 Å². The molecule has 102 valence electrons. The zero-order valence-corrected chi connectivity index (χ0v) is 12.0. The van der Waals surface area contributed by atoms with E-state index in [0.29, 0.717) is 18.0 Å². The highest BCUT2D eigenvalue weighted by atomic mass is 35.5. The minimum atomic E-state index is -0.343. The van der Waals surface area contributed by atoms with Crippen LogP contribution < -0.4 is 4.74 Å². The third kappa shape index (κ3) is 2.59. The Bertz CT molecular complexity index is 595. The first kappa shape index (κ1) is 13.9. The molecule has 0 aliphatic carbocycles. The monoisotopic (exact) mass is 282 g/mol. The van der Waals surface area contributed by atoms with Crippen molar-refractivity contribution in [2.75, 3.05) is 7.11 Å². The molecule has 0 saturated heterocycles. The normalized spacial score (nSPS) is 10.8. The number of aromatic nitrogens is 2. The fourth-order valence-electron chi connectivity index (χ4n) is 2.08. The maximum atomic E-state index is 14.1. The number of benzene rings is 1. The summed E-state index contributed by atoms with van der Waals surface area (Å²) in [5, 5.41) is 4.40. The molecule has 0 saturated carbocycles. The van der Waals surface area contributed by atoms with Gasteiger partial charge in [0.2, 0.25) is 0 Å². The summed E-state index contributed by atoms with van der Waals surface area (Å²) in [7, 11) is 1.46. The van der Waals surface area contributed by atoms with Gasteiger partial charge in [-0.15, -0.1) is 11.6 Å². The fourth-order valence-corrected chi connectivity index (χ4v) is 2.47. The molecule has 0 atom stereocenters. The van der Waals surface area contributed by atoms with E-state index in [1.165, 1.54) is 7.11 Å². The number of alkyl halides is 1. The first-order valence-electron chi connectivity index (χ1n) is 5.98. The number of hydrogen-bond acceptors (Lipinski definition) is 2. The van der Waals surface area contributed by atoms with Crippen LogP contribution in [0.2, 0.25) is 0 Å². The maximum Gasteiger partial charge on any atom is 0.170 e. The van der Waals surface area contributed by atoms with E-state index in [1.54, 1.807) is 22.9 Å². The van der Waals surface area contributed by atoms with Crippen molar-refractivity contribution in [2.24, 2.45) is 0 Å². The number of halogens is 2. The van der Waals surface area contributed by atoms with Gasteiger partial charge >= 0.3 is 0 Å². The molecule has 0 N–H and O–H groups in total. The van der Waals surface area contributed by atoms with E-state index in [2.05, 4.69) is 5.10 Å². The van der Waals surface area contributed by atoms with Crippen molar-refractivity contribution >= 4 is 11.6 Å². The van der Waals surface area contributed by atoms with E-state index >= 15 is 0 Å². The van der Waals surface area contributed by atoms with Crippen molar-refractivity contribution in [3.63, 3.8) is 0 Å². The molecule has 19 heavy (non-hydrogen) atoms. The zero-order chi connectivity index (χ0) is 14.0. The Labute approximate surface area is 117 Å². The van der Waals surface area contributed by atoms with Crippen LogP contribution in [0.3, 0.4) is 0 Å². The molecule has 0 aliphatic rings. The topological polar surface area (TPSA) is 27.1 Å². The minimum absolute atomic E-state index is 0.247. The van der Waals surface area contributed by atoms with Crippen molar-refractivity contribution in [3.8, 4) is 5.75 Å². The first-order chi connectivity index (χ1) is 9.08. The molecular formula is C14H16ClFN2O. The van der Waals surface area contributed by atoms with Crippen LogP contribution in [0.25, 0.3) is 0 Å². The minimum Gasteiger partial charge on any atom is -0.494 e. The van der Waals surface area contributed by atoms with Crippen LogP contribution in [0.1, 0.15) is 22.5 Å². The predicted molar refractivity (Wildman–Crippen MR) is 73.3 cm³/mol. The maximum absolute atomic E-state index is 14.1. The van der Waals surface area contributed by atoms with Crippen molar-refractivity contribution in [3.05, 3.63) is 46.5 Å². The summed E-state index contributed by atoms with van der Waals surface area (Å²) in [6, 6.07) is 5.10. The van der Waals surface area contributed by atoms with Crippen molar-refractivity contribution in [1.82, 2.24) is 9.78 Å². The highest BCUT2D eigenvalue weighted by Crippen LogP contribution is 2.22. The summed E-state index contributed by atoms with van der Waals surface area (Å²) in [6.07, 6.45) is 0. The number of ether oxygens (including phenoxy) is 1. The van der Waals surface area contributed by atoms with Gasteiger partial charge in [0, 0.05) is 16.8 Å². The molecule has 0 radical (unpaired) electrons. The van der Waals surface area contributed by atoms with Crippen LogP contribution in [0.5, 0.6) is 5.75 Å². The van der Waals surface area contributed by atoms with Crippen LogP contribution in [0.4, 0.5) is 4.39 Å². The lowest BCUT2D eigenvalue weighted by molar-refractivity contribution is 0.383. The molecule has 5 heteroatoms. The Balaban J connectivity index is 2.37. The van der Waals surface area contributed by atoms with Gasteiger partial charge in [-0.3, -0.25) is 4.68 Å². The van der Waals surface area contributed by atoms with Gasteiger partial charge in [0.15, 0.2) is 11.6 Å². The second-order valence-corrected chi connectivity index (χ2v) is 4.64. The van der Waals surface area contributed by atoms with E-state index in [-0.39, 0.29) is 11.6 Å². The van der Waals surface area contributed by atoms with Gasteiger partial charge in [0.25, 0.3) is 0 Å². The zero-order valence-electron chi connectivity index (χ0n) is 11.2. The number of rotatable bonds is 4. The lowest BCUT2D eigenvalue weighted by Crippen LogP contribution is -2.06. The molecule has 0 aliphatic heterocycles. The molecule has 0 bridgehead atoms. The van der Waals surface area contributed by atoms with E-state index < -0.39 is 0 Å². The van der Waals surface area contributed by atoms with Crippen LogP contribution >= 0.6 is 11.6 Å². The van der Waals surface area contributed by atoms with Gasteiger partial charge in [-0.1, -0.05) is 12.1 Å². The van der Waals surface area contributed by atoms with Crippen LogP contribution in [0, 0.1) is 19.7 Å². The van der Waals surface area contributed by atoms with Crippen molar-refractivity contribution in [1.29, 1.82) is 0 Å². The van der Waals surface area contributed by atoms with Gasteiger partial charge in [0.1, 0.15) is 0 Å². The highest BCUT2D eigenvalue weighted by molar-refractivity contribution is 6.17. The summed E-state index contributed by atoms with van der Waals surface area (Å²) in [6.45, 7) is 4.21. The Hall–Kier alpha value is -1.55. The Kier molecular flexibility index (Phi) is 4.10. The lowest BCUT2D eigenvalue weighted by atomic mass is 10.2. The van der Waals surface area contributed by atoms with Gasteiger partial charge in [0.05, 0.1) is 25.2 Å². The SMILES string of the molecule is COc1cccc(Cn2nc(C)c(CCl)c2C)c1F. The summed E-state index contributed by atoms with van der Waals surface area (Å²) in [4.78, 5) is 0. The number of aryl methyl sites for hydroxylation is 1. The molecule has 0 spiro atoms. The molecule has 2 aromatic rings. The average Bonchev–Trinajstić information content (AvgIpc) is 2.66. The van der Waals surface area contributed by atoms with E-state index in [0.717, 1.165) is 17.0 Å². The number of nitrogens with zero attached hydrogens (tertiary/aromatic N) is 2. The first-order valence-corrected chi connectivity index (χ1v) is 6.52. The summed E-state index contributed by atoms with van der Waals surface area (Å²) < 4.78 is 20.8.